The van der Waals surface area contributed by atoms with E-state index in [4.69, 9.17) is 9.47 Å². The number of nitrogens with zero attached hydrogens (tertiary/aromatic N) is 1. The van der Waals surface area contributed by atoms with Gasteiger partial charge in [0.25, 0.3) is 5.91 Å². The summed E-state index contributed by atoms with van der Waals surface area (Å²) in [4.78, 5) is 28.6. The van der Waals surface area contributed by atoms with E-state index in [9.17, 15) is 9.59 Å². The van der Waals surface area contributed by atoms with E-state index in [0.717, 1.165) is 5.56 Å². The number of likely N-dealkylation sites (N-methyl/N-ethyl adjacent to an activating group) is 1. The number of methoxy groups -OCH3 is 1. The number of hydrogen-bond acceptors (Lipinski definition) is 5. The van der Waals surface area contributed by atoms with E-state index in [-0.39, 0.29) is 12.5 Å². The maximum Gasteiger partial charge on any atom is 0.339 e. The molecule has 0 saturated heterocycles. The number of amides is 1. The van der Waals surface area contributed by atoms with Crippen molar-refractivity contribution in [3.63, 3.8) is 0 Å². The maximum absolute atomic E-state index is 12.6. The lowest BCUT2D eigenvalue weighted by molar-refractivity contribution is -0.123. The van der Waals surface area contributed by atoms with E-state index >= 15 is 0 Å². The number of aromatic nitrogens is 1. The van der Waals surface area contributed by atoms with Gasteiger partial charge in [-0.05, 0) is 24.3 Å². The molecule has 3 rings (SSSR count). The van der Waals surface area contributed by atoms with Crippen LogP contribution in [0.4, 0.5) is 0 Å². The molecule has 1 amide bonds. The number of pyridine rings is 1. The molecule has 0 spiro atoms. The molecule has 132 valence electrons. The largest absolute Gasteiger partial charge is 0.497 e. The van der Waals surface area contributed by atoms with E-state index in [1.807, 2.05) is 30.3 Å². The van der Waals surface area contributed by atoms with Gasteiger partial charge in [-0.1, -0.05) is 30.3 Å². The first kappa shape index (κ1) is 17.4. The first-order chi connectivity index (χ1) is 12.6. The van der Waals surface area contributed by atoms with Crippen molar-refractivity contribution in [1.82, 2.24) is 10.3 Å². The Labute approximate surface area is 150 Å². The quantitative estimate of drug-likeness (QED) is 0.716. The van der Waals surface area contributed by atoms with Crippen molar-refractivity contribution in [3.05, 3.63) is 60.2 Å². The smallest absolute Gasteiger partial charge is 0.339 e. The molecule has 0 atom stereocenters. The van der Waals surface area contributed by atoms with Gasteiger partial charge in [0.15, 0.2) is 6.61 Å². The zero-order valence-electron chi connectivity index (χ0n) is 14.5. The molecule has 1 aromatic heterocycles. The lowest BCUT2D eigenvalue weighted by Gasteiger charge is -2.11. The zero-order chi connectivity index (χ0) is 18.5. The van der Waals surface area contributed by atoms with Gasteiger partial charge in [-0.25, -0.2) is 9.78 Å². The van der Waals surface area contributed by atoms with E-state index in [2.05, 4.69) is 10.3 Å². The lowest BCUT2D eigenvalue weighted by Crippen LogP contribution is -2.25. The fourth-order valence-corrected chi connectivity index (χ4v) is 2.54. The van der Waals surface area contributed by atoms with Gasteiger partial charge in [-0.3, -0.25) is 4.79 Å². The summed E-state index contributed by atoms with van der Waals surface area (Å²) in [5.74, 6) is -0.365. The van der Waals surface area contributed by atoms with E-state index < -0.39 is 5.97 Å². The van der Waals surface area contributed by atoms with Gasteiger partial charge in [0.2, 0.25) is 0 Å². The van der Waals surface area contributed by atoms with Crippen LogP contribution in [0.15, 0.2) is 54.6 Å². The number of carbonyl (C=O) groups excluding carboxylic acids is 2. The van der Waals surface area contributed by atoms with Gasteiger partial charge >= 0.3 is 5.97 Å². The van der Waals surface area contributed by atoms with Crippen LogP contribution < -0.4 is 10.1 Å². The second kappa shape index (κ2) is 7.65. The van der Waals surface area contributed by atoms with Crippen molar-refractivity contribution >= 4 is 22.8 Å². The Hall–Kier alpha value is -3.41. The Kier molecular flexibility index (Phi) is 5.12. The zero-order valence-corrected chi connectivity index (χ0v) is 14.5. The Morgan fingerprint density at radius 1 is 1.08 bits per heavy atom. The number of hydrogen-bond donors (Lipinski definition) is 1. The van der Waals surface area contributed by atoms with E-state index in [1.54, 1.807) is 31.4 Å². The summed E-state index contributed by atoms with van der Waals surface area (Å²) >= 11 is 0. The molecule has 0 fully saturated rings. The molecule has 0 radical (unpaired) electrons. The Balaban J connectivity index is 2.10. The van der Waals surface area contributed by atoms with Crippen LogP contribution in [0.1, 0.15) is 10.4 Å². The fraction of sp³-hybridized carbons (Fsp3) is 0.150. The molecule has 6 heteroatoms. The standard InChI is InChI=1S/C20H18N2O4/c1-21-19(23)12-26-20(24)16-11-18(13-6-4-3-5-7-13)22-17-9-8-14(25-2)10-15(16)17/h3-11H,12H2,1-2H3,(H,21,23). The number of nitrogens with one attached hydrogen (secondary N) is 1. The van der Waals surface area contributed by atoms with Gasteiger partial charge < -0.3 is 14.8 Å². The molecule has 26 heavy (non-hydrogen) atoms. The summed E-state index contributed by atoms with van der Waals surface area (Å²) < 4.78 is 10.4. The molecule has 0 saturated carbocycles. The maximum atomic E-state index is 12.6. The predicted molar refractivity (Wildman–Crippen MR) is 98.1 cm³/mol. The molecule has 1 heterocycles. The summed E-state index contributed by atoms with van der Waals surface area (Å²) in [6.45, 7) is -0.343. The number of esters is 1. The third-order valence-electron chi connectivity index (χ3n) is 3.92. The minimum Gasteiger partial charge on any atom is -0.497 e. The van der Waals surface area contributed by atoms with Crippen LogP contribution in [-0.2, 0) is 9.53 Å². The number of ether oxygens (including phenoxy) is 2. The summed E-state index contributed by atoms with van der Waals surface area (Å²) in [6.07, 6.45) is 0. The second-order valence-electron chi connectivity index (χ2n) is 5.55. The molecule has 6 nitrogen and oxygen atoms in total. The highest BCUT2D eigenvalue weighted by Crippen LogP contribution is 2.28. The molecule has 0 aliphatic carbocycles. The lowest BCUT2D eigenvalue weighted by atomic mass is 10.0. The van der Waals surface area contributed by atoms with Crippen molar-refractivity contribution in [2.45, 2.75) is 0 Å². The van der Waals surface area contributed by atoms with Crippen LogP contribution in [0.2, 0.25) is 0 Å². The SMILES string of the molecule is CNC(=O)COC(=O)c1cc(-c2ccccc2)nc2ccc(OC)cc12. The highest BCUT2D eigenvalue weighted by Gasteiger charge is 2.17. The van der Waals surface area contributed by atoms with Crippen LogP contribution in [-0.4, -0.2) is 37.6 Å². The van der Waals surface area contributed by atoms with Crippen LogP contribution in [0.25, 0.3) is 22.2 Å². The molecule has 2 aromatic carbocycles. The predicted octanol–water partition coefficient (Wildman–Crippen LogP) is 2.81. The third kappa shape index (κ3) is 3.64. The minimum absolute atomic E-state index is 0.330. The van der Waals surface area contributed by atoms with Crippen LogP contribution in [0, 0.1) is 0 Å². The monoisotopic (exact) mass is 350 g/mol. The van der Waals surface area contributed by atoms with Crippen LogP contribution >= 0.6 is 0 Å². The Morgan fingerprint density at radius 3 is 2.54 bits per heavy atom. The topological polar surface area (TPSA) is 77.5 Å². The third-order valence-corrected chi connectivity index (χ3v) is 3.92. The van der Waals surface area contributed by atoms with E-state index in [0.29, 0.717) is 27.9 Å². The van der Waals surface area contributed by atoms with Gasteiger partial charge in [0.1, 0.15) is 5.75 Å². The fourth-order valence-electron chi connectivity index (χ4n) is 2.54. The summed E-state index contributed by atoms with van der Waals surface area (Å²) in [5, 5.41) is 3.02. The van der Waals surface area contributed by atoms with Crippen molar-refractivity contribution in [1.29, 1.82) is 0 Å². The highest BCUT2D eigenvalue weighted by atomic mass is 16.5. The molecule has 3 aromatic rings. The van der Waals surface area contributed by atoms with Gasteiger partial charge in [-0.15, -0.1) is 0 Å². The molecule has 0 aliphatic rings. The number of carbonyl (C=O) groups is 2. The summed E-state index contributed by atoms with van der Waals surface area (Å²) in [5.41, 5.74) is 2.50. The van der Waals surface area contributed by atoms with Crippen molar-refractivity contribution in [2.75, 3.05) is 20.8 Å². The van der Waals surface area contributed by atoms with Gasteiger partial charge in [0.05, 0.1) is 23.9 Å². The molecule has 0 bridgehead atoms. The first-order valence-corrected chi connectivity index (χ1v) is 8.04. The summed E-state index contributed by atoms with van der Waals surface area (Å²) in [7, 11) is 3.03. The van der Waals surface area contributed by atoms with Gasteiger partial charge in [-0.2, -0.15) is 0 Å². The number of benzene rings is 2. The molecule has 0 unspecified atom stereocenters. The van der Waals surface area contributed by atoms with Crippen LogP contribution in [0.3, 0.4) is 0 Å². The average Bonchev–Trinajstić information content (AvgIpc) is 2.71. The van der Waals surface area contributed by atoms with Crippen molar-refractivity contribution < 1.29 is 19.1 Å². The number of fused-ring (bicyclic) bond motifs is 1. The Bertz CT molecular complexity index is 955. The summed E-state index contributed by atoms with van der Waals surface area (Å²) in [6, 6.07) is 16.5. The van der Waals surface area contributed by atoms with Crippen molar-refractivity contribution in [3.8, 4) is 17.0 Å². The molecular weight excluding hydrogens is 332 g/mol. The Morgan fingerprint density at radius 2 is 1.85 bits per heavy atom. The number of rotatable bonds is 5. The highest BCUT2D eigenvalue weighted by molar-refractivity contribution is 6.05. The molecular formula is C20H18N2O4. The average molecular weight is 350 g/mol. The second-order valence-corrected chi connectivity index (χ2v) is 5.55. The van der Waals surface area contributed by atoms with E-state index in [1.165, 1.54) is 7.05 Å². The minimum atomic E-state index is -0.591. The molecule has 1 N–H and O–H groups in total. The van der Waals surface area contributed by atoms with Crippen molar-refractivity contribution in [2.24, 2.45) is 0 Å². The van der Waals surface area contributed by atoms with Gasteiger partial charge in [0, 0.05) is 18.0 Å². The molecule has 0 aliphatic heterocycles. The van der Waals surface area contributed by atoms with Crippen LogP contribution in [0.5, 0.6) is 5.75 Å². The first-order valence-electron chi connectivity index (χ1n) is 8.04. The normalized spacial score (nSPS) is 10.4.